The van der Waals surface area contributed by atoms with Gasteiger partial charge in [-0.05, 0) is 31.0 Å². The number of hydrogen-bond donors (Lipinski definition) is 2. The van der Waals surface area contributed by atoms with Gasteiger partial charge in [0.05, 0.1) is 10.6 Å². The second-order valence-corrected chi connectivity index (χ2v) is 5.51. The first-order chi connectivity index (χ1) is 8.47. The number of nitrogens with one attached hydrogen (secondary N) is 1. The molecular weight excluding hydrogens is 255 g/mol. The fourth-order valence-electron chi connectivity index (χ4n) is 1.33. The summed E-state index contributed by atoms with van der Waals surface area (Å²) in [7, 11) is -3.64. The minimum atomic E-state index is -3.64. The maximum absolute atomic E-state index is 12.9. The van der Waals surface area contributed by atoms with Crippen LogP contribution in [0.5, 0.6) is 0 Å². The molecule has 6 heteroatoms. The molecule has 0 aromatic heterocycles. The summed E-state index contributed by atoms with van der Waals surface area (Å²) in [4.78, 5) is -0.0432. The average molecular weight is 270 g/mol. The molecule has 0 bridgehead atoms. The van der Waals surface area contributed by atoms with Crippen LogP contribution in [0.15, 0.2) is 23.1 Å². The van der Waals surface area contributed by atoms with E-state index in [0.717, 1.165) is 18.6 Å². The quantitative estimate of drug-likeness (QED) is 0.467. The average Bonchev–Trinajstić information content (AvgIpc) is 2.32. The Balaban J connectivity index is 2.63. The molecule has 98 valence electrons. The Labute approximate surface area is 106 Å². The molecule has 0 aliphatic rings. The summed E-state index contributed by atoms with van der Waals surface area (Å²) in [5.41, 5.74) is 5.13. The van der Waals surface area contributed by atoms with Crippen LogP contribution in [0.1, 0.15) is 19.3 Å². The third-order valence-corrected chi connectivity index (χ3v) is 3.78. The number of nitrogen functional groups attached to an aromatic ring is 1. The Hall–Kier alpha value is -1.58. The van der Waals surface area contributed by atoms with Gasteiger partial charge < -0.3 is 5.73 Å². The van der Waals surface area contributed by atoms with Crippen molar-refractivity contribution in [1.29, 1.82) is 0 Å². The number of benzene rings is 1. The largest absolute Gasteiger partial charge is 0.396 e. The smallest absolute Gasteiger partial charge is 0.240 e. The lowest BCUT2D eigenvalue weighted by atomic mass is 10.2. The fraction of sp³-hybridized carbons (Fsp3) is 0.333. The molecule has 0 aliphatic carbocycles. The van der Waals surface area contributed by atoms with E-state index in [1.165, 1.54) is 6.07 Å². The van der Waals surface area contributed by atoms with Crippen LogP contribution < -0.4 is 10.5 Å². The maximum Gasteiger partial charge on any atom is 0.240 e. The molecule has 1 aromatic carbocycles. The van der Waals surface area contributed by atoms with Crippen molar-refractivity contribution in [2.45, 2.75) is 24.2 Å². The predicted molar refractivity (Wildman–Crippen MR) is 68.7 cm³/mol. The highest BCUT2D eigenvalue weighted by molar-refractivity contribution is 7.89. The Morgan fingerprint density at radius 2 is 2.11 bits per heavy atom. The zero-order valence-corrected chi connectivity index (χ0v) is 10.6. The molecule has 0 radical (unpaired) electrons. The molecule has 0 unspecified atom stereocenters. The first kappa shape index (κ1) is 14.5. The van der Waals surface area contributed by atoms with Crippen molar-refractivity contribution in [3.05, 3.63) is 24.0 Å². The number of hydrogen-bond acceptors (Lipinski definition) is 3. The maximum atomic E-state index is 12.9. The van der Waals surface area contributed by atoms with E-state index in [-0.39, 0.29) is 10.6 Å². The van der Waals surface area contributed by atoms with Crippen molar-refractivity contribution < 1.29 is 12.8 Å². The highest BCUT2D eigenvalue weighted by Crippen LogP contribution is 2.16. The summed E-state index contributed by atoms with van der Waals surface area (Å²) in [5, 5.41) is 0. The second-order valence-electron chi connectivity index (χ2n) is 3.74. The van der Waals surface area contributed by atoms with Crippen LogP contribution >= 0.6 is 0 Å². The molecule has 0 saturated carbocycles. The van der Waals surface area contributed by atoms with Crippen molar-refractivity contribution in [3.8, 4) is 12.3 Å². The van der Waals surface area contributed by atoms with Gasteiger partial charge in [0.25, 0.3) is 0 Å². The van der Waals surface area contributed by atoms with Gasteiger partial charge in [-0.1, -0.05) is 0 Å². The van der Waals surface area contributed by atoms with E-state index in [0.29, 0.717) is 19.4 Å². The van der Waals surface area contributed by atoms with Gasteiger partial charge in [-0.2, -0.15) is 0 Å². The minimum Gasteiger partial charge on any atom is -0.396 e. The van der Waals surface area contributed by atoms with E-state index in [1.54, 1.807) is 0 Å². The number of anilines is 1. The zero-order valence-electron chi connectivity index (χ0n) is 9.82. The van der Waals surface area contributed by atoms with Gasteiger partial charge in [0.15, 0.2) is 0 Å². The number of unbranched alkanes of at least 4 members (excludes halogenated alkanes) is 2. The normalized spacial score (nSPS) is 11.1. The SMILES string of the molecule is C#CCCCCNS(=O)(=O)c1ccc(F)c(N)c1. The van der Waals surface area contributed by atoms with Gasteiger partial charge in [-0.25, -0.2) is 17.5 Å². The second kappa shape index (κ2) is 6.38. The molecule has 0 amide bonds. The summed E-state index contributed by atoms with van der Waals surface area (Å²) < 4.78 is 38.9. The molecule has 1 aromatic rings. The molecule has 0 aliphatic heterocycles. The van der Waals surface area contributed by atoms with E-state index in [4.69, 9.17) is 12.2 Å². The third kappa shape index (κ3) is 4.02. The van der Waals surface area contributed by atoms with E-state index in [2.05, 4.69) is 10.6 Å². The highest BCUT2D eigenvalue weighted by atomic mass is 32.2. The van der Waals surface area contributed by atoms with E-state index in [9.17, 15) is 12.8 Å². The molecule has 0 spiro atoms. The van der Waals surface area contributed by atoms with Gasteiger partial charge in [0, 0.05) is 13.0 Å². The molecule has 1 rings (SSSR count). The Bertz CT molecular complexity index is 550. The van der Waals surface area contributed by atoms with Gasteiger partial charge >= 0.3 is 0 Å². The van der Waals surface area contributed by atoms with Gasteiger partial charge in [-0.3, -0.25) is 0 Å². The van der Waals surface area contributed by atoms with Crippen LogP contribution in [0.4, 0.5) is 10.1 Å². The molecule has 3 N–H and O–H groups in total. The van der Waals surface area contributed by atoms with Crippen molar-refractivity contribution in [3.63, 3.8) is 0 Å². The molecule has 0 saturated heterocycles. The molecule has 0 atom stereocenters. The van der Waals surface area contributed by atoms with E-state index >= 15 is 0 Å². The summed E-state index contributed by atoms with van der Waals surface area (Å²) in [5.74, 6) is 1.84. The van der Waals surface area contributed by atoms with E-state index < -0.39 is 15.8 Å². The van der Waals surface area contributed by atoms with Crippen LogP contribution in [0.25, 0.3) is 0 Å². The van der Waals surface area contributed by atoms with Gasteiger partial charge in [0.1, 0.15) is 5.82 Å². The summed E-state index contributed by atoms with van der Waals surface area (Å²) in [6.07, 6.45) is 7.10. The molecular formula is C12H15FN2O2S. The first-order valence-electron chi connectivity index (χ1n) is 5.45. The summed E-state index contributed by atoms with van der Waals surface area (Å²) in [6, 6.07) is 3.30. The molecule has 4 nitrogen and oxygen atoms in total. The lowest BCUT2D eigenvalue weighted by Crippen LogP contribution is -2.25. The minimum absolute atomic E-state index is 0.0432. The third-order valence-electron chi connectivity index (χ3n) is 2.32. The summed E-state index contributed by atoms with van der Waals surface area (Å²) in [6.45, 7) is 0.293. The van der Waals surface area contributed by atoms with Gasteiger partial charge in [0.2, 0.25) is 10.0 Å². The van der Waals surface area contributed by atoms with E-state index in [1.807, 2.05) is 0 Å². The Morgan fingerprint density at radius 1 is 1.39 bits per heavy atom. The van der Waals surface area contributed by atoms with Crippen LogP contribution in [-0.4, -0.2) is 15.0 Å². The molecule has 0 heterocycles. The zero-order chi connectivity index (χ0) is 13.6. The molecule has 18 heavy (non-hydrogen) atoms. The Kier molecular flexibility index (Phi) is 5.13. The predicted octanol–water partition coefficient (Wildman–Crippen LogP) is 1.49. The van der Waals surface area contributed by atoms with Crippen LogP contribution in [0.3, 0.4) is 0 Å². The van der Waals surface area contributed by atoms with Crippen molar-refractivity contribution in [2.75, 3.05) is 12.3 Å². The lowest BCUT2D eigenvalue weighted by molar-refractivity contribution is 0.576. The van der Waals surface area contributed by atoms with Crippen LogP contribution in [0, 0.1) is 18.2 Å². The number of sulfonamides is 1. The van der Waals surface area contributed by atoms with Crippen molar-refractivity contribution in [2.24, 2.45) is 0 Å². The number of terminal acetylenes is 1. The highest BCUT2D eigenvalue weighted by Gasteiger charge is 2.14. The monoisotopic (exact) mass is 270 g/mol. The lowest BCUT2D eigenvalue weighted by Gasteiger charge is -2.07. The Morgan fingerprint density at radius 3 is 2.72 bits per heavy atom. The van der Waals surface area contributed by atoms with Gasteiger partial charge in [-0.15, -0.1) is 12.3 Å². The summed E-state index contributed by atoms with van der Waals surface area (Å²) >= 11 is 0. The first-order valence-corrected chi connectivity index (χ1v) is 6.94. The fourth-order valence-corrected chi connectivity index (χ4v) is 2.44. The number of halogens is 1. The topological polar surface area (TPSA) is 72.2 Å². The van der Waals surface area contributed by atoms with Crippen molar-refractivity contribution >= 4 is 15.7 Å². The number of nitrogens with two attached hydrogens (primary N) is 1. The standard InChI is InChI=1S/C12H15FN2O2S/c1-2-3-4-5-8-15-18(16,17)10-6-7-11(13)12(14)9-10/h1,6-7,9,15H,3-5,8,14H2. The molecule has 0 fully saturated rings. The number of rotatable bonds is 6. The van der Waals surface area contributed by atoms with Crippen LogP contribution in [0.2, 0.25) is 0 Å². The van der Waals surface area contributed by atoms with Crippen LogP contribution in [-0.2, 0) is 10.0 Å². The van der Waals surface area contributed by atoms with Crippen molar-refractivity contribution in [1.82, 2.24) is 4.72 Å².